The topological polar surface area (TPSA) is 63.2 Å². The minimum absolute atomic E-state index is 0.292. The normalized spacial score (nSPS) is 13.7. The second-order valence-electron chi connectivity index (χ2n) is 22.1. The Bertz CT molecular complexity index is 1120. The van der Waals surface area contributed by atoms with Gasteiger partial charge in [0.1, 0.15) is 26.2 Å². The lowest BCUT2D eigenvalue weighted by Crippen LogP contribution is -2.45. The molecule has 0 rings (SSSR count). The van der Waals surface area contributed by atoms with Gasteiger partial charge in [0.25, 0.3) is 0 Å². The van der Waals surface area contributed by atoms with E-state index in [1.54, 1.807) is 6.92 Å². The fourth-order valence-corrected chi connectivity index (χ4v) is 25.9. The van der Waals surface area contributed by atoms with Gasteiger partial charge in [0.15, 0.2) is 33.3 Å². The zero-order valence-corrected chi connectivity index (χ0v) is 45.9. The molecule has 0 heterocycles. The lowest BCUT2D eigenvalue weighted by molar-refractivity contribution is -0.891. The first-order valence-corrected chi connectivity index (χ1v) is 35.9. The van der Waals surface area contributed by atoms with E-state index in [0.29, 0.717) is 12.2 Å². The third-order valence-electron chi connectivity index (χ3n) is 11.7. The van der Waals surface area contributed by atoms with Gasteiger partial charge >= 0.3 is 5.97 Å². The highest BCUT2D eigenvalue weighted by Gasteiger charge is 2.34. The summed E-state index contributed by atoms with van der Waals surface area (Å²) < 4.78 is 34.4. The van der Waals surface area contributed by atoms with Crippen LogP contribution in [0.5, 0.6) is 0 Å². The van der Waals surface area contributed by atoms with Crippen LogP contribution in [0.25, 0.3) is 0 Å². The lowest BCUT2D eigenvalue weighted by Gasteiger charge is -2.35. The largest absolute Gasteiger partial charge is 0.456 e. The van der Waals surface area contributed by atoms with Gasteiger partial charge in [-0.1, -0.05) is 32.8 Å². The minimum Gasteiger partial charge on any atom is -0.456 e. The Morgan fingerprint density at radius 1 is 0.448 bits per heavy atom. The summed E-state index contributed by atoms with van der Waals surface area (Å²) in [4.78, 5) is 11.7. The van der Waals surface area contributed by atoms with Crippen molar-refractivity contribution in [2.75, 3.05) is 115 Å². The number of quaternary nitrogens is 3. The van der Waals surface area contributed by atoms with E-state index in [2.05, 4.69) is 108 Å². The van der Waals surface area contributed by atoms with Gasteiger partial charge in [-0.15, -0.1) is 0 Å². The maximum atomic E-state index is 11.7. The fourth-order valence-electron chi connectivity index (χ4n) is 7.85. The summed E-state index contributed by atoms with van der Waals surface area (Å²) in [5.74, 6) is -0.292. The molecular formula is C45H102N3O6Si4+3. The number of carbonyl (C=O) groups is 1. The molecule has 0 N–H and O–H groups in total. The number of hydrogen-bond acceptors (Lipinski definition) is 6. The predicted molar refractivity (Wildman–Crippen MR) is 261 cm³/mol. The van der Waals surface area contributed by atoms with Gasteiger partial charge in [-0.25, -0.2) is 4.79 Å². The van der Waals surface area contributed by atoms with Crippen LogP contribution >= 0.6 is 0 Å². The van der Waals surface area contributed by atoms with Crippen LogP contribution in [0.15, 0.2) is 12.2 Å². The molecule has 0 saturated carbocycles. The Morgan fingerprint density at radius 3 is 1.09 bits per heavy atom. The summed E-state index contributed by atoms with van der Waals surface area (Å²) in [6, 6.07) is 4.90. The average Bonchev–Trinajstić information content (AvgIpc) is 3.06. The number of hydrogen-bond donors (Lipinski definition) is 0. The molecule has 0 fully saturated rings. The molecule has 0 aromatic heterocycles. The van der Waals surface area contributed by atoms with Crippen molar-refractivity contribution in [3.8, 4) is 0 Å². The van der Waals surface area contributed by atoms with Gasteiger partial charge in [0.05, 0.1) is 75.1 Å². The van der Waals surface area contributed by atoms with Crippen LogP contribution in [0, 0.1) is 0 Å². The Morgan fingerprint density at radius 2 is 0.759 bits per heavy atom. The van der Waals surface area contributed by atoms with Crippen LogP contribution in [-0.4, -0.2) is 167 Å². The molecule has 0 aromatic rings. The summed E-state index contributed by atoms with van der Waals surface area (Å²) in [5.41, 5.74) is 0.462. The van der Waals surface area contributed by atoms with Gasteiger partial charge < -0.3 is 35.9 Å². The van der Waals surface area contributed by atoms with Gasteiger partial charge in [-0.3, -0.25) is 0 Å². The second kappa shape index (κ2) is 28.5. The van der Waals surface area contributed by atoms with Crippen LogP contribution < -0.4 is 0 Å². The Hall–Kier alpha value is -0.202. The third kappa shape index (κ3) is 33.4. The molecule has 0 spiro atoms. The SMILES string of the molecule is C=C(C)C(=O)OCC[N+](C)(C)CCCC[Si](C)(C)O[Si](C)(C)CCCC[N+](C)(C)CCOCCCC[Si](C)(C)O[Si](C)(C)CCCCOCC[N+](C)(C)CCCCC. The average molecular weight is 894 g/mol. The third-order valence-corrected chi connectivity index (χ3v) is 26.7. The molecule has 0 aliphatic heterocycles. The van der Waals surface area contributed by atoms with Crippen molar-refractivity contribution in [3.05, 3.63) is 12.2 Å². The molecule has 9 nitrogen and oxygen atoms in total. The van der Waals surface area contributed by atoms with Crippen molar-refractivity contribution in [2.24, 2.45) is 0 Å². The second-order valence-corrected chi connectivity index (χ2v) is 39.8. The van der Waals surface area contributed by atoms with Crippen molar-refractivity contribution in [1.29, 1.82) is 0 Å². The van der Waals surface area contributed by atoms with E-state index in [1.165, 1.54) is 95.1 Å². The van der Waals surface area contributed by atoms with Gasteiger partial charge in [-0.2, -0.15) is 0 Å². The molecule has 0 unspecified atom stereocenters. The molecule has 0 atom stereocenters. The highest BCUT2D eigenvalue weighted by atomic mass is 28.4. The van der Waals surface area contributed by atoms with Crippen LogP contribution in [-0.2, 0) is 27.2 Å². The number of carbonyl (C=O) groups excluding carboxylic acids is 1. The summed E-state index contributed by atoms with van der Waals surface area (Å²) >= 11 is 0. The molecular weight excluding hydrogens is 791 g/mol. The highest BCUT2D eigenvalue weighted by molar-refractivity contribution is 6.85. The quantitative estimate of drug-likeness (QED) is 0.0202. The molecule has 0 amide bonds. The van der Waals surface area contributed by atoms with E-state index >= 15 is 0 Å². The maximum absolute atomic E-state index is 11.7. The number of rotatable bonds is 38. The molecule has 0 aromatic carbocycles. The maximum Gasteiger partial charge on any atom is 0.333 e. The summed E-state index contributed by atoms with van der Waals surface area (Å²) in [5, 5.41) is 0. The number of ether oxygens (including phenoxy) is 3. The van der Waals surface area contributed by atoms with E-state index < -0.39 is 33.3 Å². The molecule has 58 heavy (non-hydrogen) atoms. The fraction of sp³-hybridized carbons (Fsp3) is 0.933. The van der Waals surface area contributed by atoms with E-state index in [-0.39, 0.29) is 5.97 Å². The smallest absolute Gasteiger partial charge is 0.333 e. The van der Waals surface area contributed by atoms with Crippen molar-refractivity contribution in [2.45, 2.75) is 161 Å². The van der Waals surface area contributed by atoms with Gasteiger partial charge in [0.2, 0.25) is 0 Å². The number of esters is 1. The minimum atomic E-state index is -1.71. The number of unbranched alkanes of at least 4 members (excludes halogenated alkanes) is 6. The monoisotopic (exact) mass is 893 g/mol. The van der Waals surface area contributed by atoms with Crippen molar-refractivity contribution >= 4 is 39.2 Å². The van der Waals surface area contributed by atoms with E-state index in [4.69, 9.17) is 22.4 Å². The number of likely N-dealkylation sites (N-methyl/N-ethyl adjacent to an activating group) is 3. The van der Waals surface area contributed by atoms with Crippen molar-refractivity contribution < 1.29 is 40.7 Å². The molecule has 0 bridgehead atoms. The van der Waals surface area contributed by atoms with E-state index in [9.17, 15) is 4.79 Å². The first-order valence-electron chi connectivity index (χ1n) is 23.5. The van der Waals surface area contributed by atoms with Crippen LogP contribution in [0.4, 0.5) is 0 Å². The van der Waals surface area contributed by atoms with Crippen LogP contribution in [0.1, 0.15) is 84.5 Å². The first-order chi connectivity index (χ1) is 26.6. The zero-order chi connectivity index (χ0) is 44.6. The summed E-state index contributed by atoms with van der Waals surface area (Å²) in [6.45, 7) is 37.4. The predicted octanol–water partition coefficient (Wildman–Crippen LogP) is 10.5. The molecule has 0 aliphatic rings. The van der Waals surface area contributed by atoms with Gasteiger partial charge in [-0.05, 0) is 135 Å². The highest BCUT2D eigenvalue weighted by Crippen LogP contribution is 2.26. The van der Waals surface area contributed by atoms with E-state index in [1.807, 2.05) is 0 Å². The zero-order valence-electron chi connectivity index (χ0n) is 41.9. The van der Waals surface area contributed by atoms with Gasteiger partial charge in [0, 0.05) is 18.8 Å². The molecule has 0 aliphatic carbocycles. The Labute approximate surface area is 366 Å². The van der Waals surface area contributed by atoms with Crippen LogP contribution in [0.3, 0.4) is 0 Å². The van der Waals surface area contributed by atoms with E-state index in [0.717, 1.165) is 78.9 Å². The summed E-state index contributed by atoms with van der Waals surface area (Å²) in [7, 11) is 7.08. The standard InChI is InChI=1S/C45H102N3O6Si4/c1-18-19-20-29-46(4,5)32-37-50-35-23-27-42-57(14,15)54-58(16,17)43-28-24-36-51-38-33-47(6,7)30-21-25-40-55(10,11)53-56(12,13)41-26-22-31-48(8,9)34-39-52-45(49)44(2)3/h2,18-43H2,1,3-17H3/q+3. The molecule has 0 saturated heterocycles. The van der Waals surface area contributed by atoms with Crippen molar-refractivity contribution in [3.63, 3.8) is 0 Å². The van der Waals surface area contributed by atoms with Crippen LogP contribution in [0.2, 0.25) is 76.6 Å². The Balaban J connectivity index is 4.17. The lowest BCUT2D eigenvalue weighted by atomic mass is 10.2. The molecule has 13 heteroatoms. The molecule has 0 radical (unpaired) electrons. The Kier molecular flexibility index (Phi) is 28.4. The van der Waals surface area contributed by atoms with Crippen molar-refractivity contribution in [1.82, 2.24) is 0 Å². The summed E-state index contributed by atoms with van der Waals surface area (Å²) in [6.07, 6.45) is 13.5. The first kappa shape index (κ1) is 57.8. The molecule has 346 valence electrons. The number of nitrogens with zero attached hydrogens (tertiary/aromatic N) is 3.